The van der Waals surface area contributed by atoms with Crippen LogP contribution in [0.1, 0.15) is 16.8 Å². The summed E-state index contributed by atoms with van der Waals surface area (Å²) in [5.41, 5.74) is 3.49. The quantitative estimate of drug-likeness (QED) is 0.610. The molecule has 0 aliphatic heterocycles. The van der Waals surface area contributed by atoms with Gasteiger partial charge in [-0.3, -0.25) is 4.98 Å². The Balaban J connectivity index is 2.49. The molecule has 0 saturated heterocycles. The van der Waals surface area contributed by atoms with Crippen LogP contribution in [0.4, 0.5) is 0 Å². The Bertz CT molecular complexity index is 553. The van der Waals surface area contributed by atoms with Crippen molar-refractivity contribution in [2.75, 3.05) is 14.2 Å². The van der Waals surface area contributed by atoms with Gasteiger partial charge in [0.1, 0.15) is 12.8 Å². The maximum absolute atomic E-state index is 5.22. The van der Waals surface area contributed by atoms with E-state index < -0.39 is 0 Å². The zero-order valence-electron chi connectivity index (χ0n) is 11.0. The Morgan fingerprint density at radius 3 is 2.58 bits per heavy atom. The number of ether oxygens (including phenoxy) is 1. The van der Waals surface area contributed by atoms with Crippen molar-refractivity contribution in [2.24, 2.45) is 5.16 Å². The third-order valence-electron chi connectivity index (χ3n) is 2.66. The maximum atomic E-state index is 5.22. The fourth-order valence-corrected chi connectivity index (χ4v) is 1.86. The molecule has 0 unspecified atom stereocenters. The van der Waals surface area contributed by atoms with Crippen LogP contribution in [0.5, 0.6) is 0 Å². The summed E-state index contributed by atoms with van der Waals surface area (Å²) in [4.78, 5) is 9.28. The maximum Gasteiger partial charge on any atom is 0.136 e. The Hall–Kier alpha value is -2.20. The molecular weight excluding hydrogens is 240 g/mol. The molecule has 1 aromatic heterocycles. The largest absolute Gasteiger partial charge is 0.399 e. The predicted octanol–water partition coefficient (Wildman–Crippen LogP) is 2.63. The van der Waals surface area contributed by atoms with Crippen LogP contribution in [0.2, 0.25) is 0 Å². The van der Waals surface area contributed by atoms with Gasteiger partial charge in [-0.25, -0.2) is 0 Å². The van der Waals surface area contributed by atoms with Gasteiger partial charge in [0.15, 0.2) is 0 Å². The van der Waals surface area contributed by atoms with Crippen LogP contribution in [0, 0.1) is 0 Å². The summed E-state index contributed by atoms with van der Waals surface area (Å²) in [6.07, 6.45) is 1.74. The third-order valence-corrected chi connectivity index (χ3v) is 2.66. The fraction of sp³-hybridized carbons (Fsp3) is 0.200. The zero-order chi connectivity index (χ0) is 13.5. The van der Waals surface area contributed by atoms with Crippen molar-refractivity contribution in [3.05, 3.63) is 65.5 Å². The lowest BCUT2D eigenvalue weighted by Crippen LogP contribution is -2.09. The molecular formula is C15H16N2O2. The van der Waals surface area contributed by atoms with Gasteiger partial charge in [-0.2, -0.15) is 0 Å². The second-order valence-electron chi connectivity index (χ2n) is 3.93. The molecule has 4 nitrogen and oxygen atoms in total. The number of hydrogen-bond acceptors (Lipinski definition) is 4. The highest BCUT2D eigenvalue weighted by molar-refractivity contribution is 6.12. The number of methoxy groups -OCH3 is 1. The minimum absolute atomic E-state index is 0.520. The van der Waals surface area contributed by atoms with E-state index >= 15 is 0 Å². The number of rotatable bonds is 5. The molecule has 0 saturated carbocycles. The SMILES string of the molecule is COCc1ccccc1C(=NOC)c1ccccn1. The van der Waals surface area contributed by atoms with Gasteiger partial charge in [0, 0.05) is 18.9 Å². The van der Waals surface area contributed by atoms with Crippen LogP contribution < -0.4 is 0 Å². The summed E-state index contributed by atoms with van der Waals surface area (Å²) in [5, 5.41) is 4.11. The third kappa shape index (κ3) is 3.17. The standard InChI is InChI=1S/C15H16N2O2/c1-18-11-12-7-3-4-8-13(12)15(17-19-2)14-9-5-6-10-16-14/h3-10H,11H2,1-2H3. The van der Waals surface area contributed by atoms with Crippen molar-refractivity contribution in [3.63, 3.8) is 0 Å². The lowest BCUT2D eigenvalue weighted by molar-refractivity contribution is 0.184. The number of oxime groups is 1. The van der Waals surface area contributed by atoms with E-state index in [-0.39, 0.29) is 0 Å². The van der Waals surface area contributed by atoms with Crippen molar-refractivity contribution in [2.45, 2.75) is 6.61 Å². The second kappa shape index (κ2) is 6.66. The Labute approximate surface area is 112 Å². The average Bonchev–Trinajstić information content (AvgIpc) is 2.47. The van der Waals surface area contributed by atoms with E-state index in [1.54, 1.807) is 13.3 Å². The summed E-state index contributed by atoms with van der Waals surface area (Å²) >= 11 is 0. The molecule has 1 aromatic carbocycles. The molecule has 1 heterocycles. The molecule has 0 bridgehead atoms. The van der Waals surface area contributed by atoms with Gasteiger partial charge in [-0.1, -0.05) is 35.5 Å². The van der Waals surface area contributed by atoms with Gasteiger partial charge in [0.25, 0.3) is 0 Å². The highest BCUT2D eigenvalue weighted by Gasteiger charge is 2.13. The van der Waals surface area contributed by atoms with E-state index in [0.717, 1.165) is 16.8 Å². The summed E-state index contributed by atoms with van der Waals surface area (Å²) in [6.45, 7) is 0.520. The van der Waals surface area contributed by atoms with Gasteiger partial charge in [0.2, 0.25) is 0 Å². The molecule has 0 radical (unpaired) electrons. The highest BCUT2D eigenvalue weighted by Crippen LogP contribution is 2.15. The Morgan fingerprint density at radius 1 is 1.11 bits per heavy atom. The molecule has 0 N–H and O–H groups in total. The normalized spacial score (nSPS) is 11.4. The molecule has 0 fully saturated rings. The van der Waals surface area contributed by atoms with Crippen LogP contribution in [0.15, 0.2) is 53.8 Å². The number of benzene rings is 1. The number of hydrogen-bond donors (Lipinski definition) is 0. The van der Waals surface area contributed by atoms with E-state index in [1.165, 1.54) is 7.11 Å². The highest BCUT2D eigenvalue weighted by atomic mass is 16.6. The van der Waals surface area contributed by atoms with E-state index in [4.69, 9.17) is 9.57 Å². The van der Waals surface area contributed by atoms with E-state index in [1.807, 2.05) is 42.5 Å². The second-order valence-corrected chi connectivity index (χ2v) is 3.93. The molecule has 0 aliphatic carbocycles. The van der Waals surface area contributed by atoms with E-state index in [9.17, 15) is 0 Å². The number of pyridine rings is 1. The van der Waals surface area contributed by atoms with Crippen LogP contribution in [-0.2, 0) is 16.2 Å². The van der Waals surface area contributed by atoms with Gasteiger partial charge in [0.05, 0.1) is 12.3 Å². The van der Waals surface area contributed by atoms with Crippen molar-refractivity contribution in [1.82, 2.24) is 4.98 Å². The van der Waals surface area contributed by atoms with Crippen LogP contribution in [-0.4, -0.2) is 24.9 Å². The Kier molecular flexibility index (Phi) is 4.64. The first-order chi connectivity index (χ1) is 9.36. The molecule has 4 heteroatoms. The van der Waals surface area contributed by atoms with Gasteiger partial charge >= 0.3 is 0 Å². The molecule has 98 valence electrons. The monoisotopic (exact) mass is 256 g/mol. The number of nitrogens with zero attached hydrogens (tertiary/aromatic N) is 2. The predicted molar refractivity (Wildman–Crippen MR) is 74.0 cm³/mol. The van der Waals surface area contributed by atoms with Crippen molar-refractivity contribution in [1.29, 1.82) is 0 Å². The van der Waals surface area contributed by atoms with Gasteiger partial charge in [-0.15, -0.1) is 0 Å². The number of aromatic nitrogens is 1. The minimum Gasteiger partial charge on any atom is -0.399 e. The average molecular weight is 256 g/mol. The topological polar surface area (TPSA) is 43.7 Å². The first-order valence-corrected chi connectivity index (χ1v) is 5.96. The summed E-state index contributed by atoms with van der Waals surface area (Å²) in [5.74, 6) is 0. The van der Waals surface area contributed by atoms with Crippen molar-refractivity contribution < 1.29 is 9.57 Å². The lowest BCUT2D eigenvalue weighted by Gasteiger charge is -2.10. The minimum atomic E-state index is 0.520. The fourth-order valence-electron chi connectivity index (χ4n) is 1.86. The molecule has 19 heavy (non-hydrogen) atoms. The zero-order valence-corrected chi connectivity index (χ0v) is 11.0. The smallest absolute Gasteiger partial charge is 0.136 e. The summed E-state index contributed by atoms with van der Waals surface area (Å²) in [6, 6.07) is 13.6. The van der Waals surface area contributed by atoms with Crippen LogP contribution >= 0.6 is 0 Å². The molecule has 0 aliphatic rings. The molecule has 0 spiro atoms. The van der Waals surface area contributed by atoms with Crippen molar-refractivity contribution >= 4 is 5.71 Å². The van der Waals surface area contributed by atoms with Gasteiger partial charge < -0.3 is 9.57 Å². The van der Waals surface area contributed by atoms with E-state index in [2.05, 4.69) is 10.1 Å². The van der Waals surface area contributed by atoms with E-state index in [0.29, 0.717) is 12.3 Å². The first-order valence-electron chi connectivity index (χ1n) is 5.96. The van der Waals surface area contributed by atoms with Gasteiger partial charge in [-0.05, 0) is 17.7 Å². The lowest BCUT2D eigenvalue weighted by atomic mass is 10.0. The molecule has 2 aromatic rings. The summed E-state index contributed by atoms with van der Waals surface area (Å²) in [7, 11) is 3.20. The Morgan fingerprint density at radius 2 is 1.89 bits per heavy atom. The molecule has 0 atom stereocenters. The molecule has 2 rings (SSSR count). The first kappa shape index (κ1) is 13.2. The van der Waals surface area contributed by atoms with Crippen molar-refractivity contribution in [3.8, 4) is 0 Å². The van der Waals surface area contributed by atoms with Crippen LogP contribution in [0.3, 0.4) is 0 Å². The van der Waals surface area contributed by atoms with Crippen LogP contribution in [0.25, 0.3) is 0 Å². The summed E-state index contributed by atoms with van der Waals surface area (Å²) < 4.78 is 5.22. The molecule has 0 amide bonds.